The van der Waals surface area contributed by atoms with Crippen molar-refractivity contribution in [2.75, 3.05) is 7.05 Å². The van der Waals surface area contributed by atoms with Crippen LogP contribution >= 0.6 is 11.6 Å². The van der Waals surface area contributed by atoms with E-state index in [-0.39, 0.29) is 17.2 Å². The maximum atomic E-state index is 12.3. The Hall–Kier alpha value is -2.40. The topological polar surface area (TPSA) is 63.5 Å². The first-order valence-corrected chi connectivity index (χ1v) is 6.59. The molecule has 0 saturated carbocycles. The minimum atomic E-state index is -0.520. The van der Waals surface area contributed by atoms with Crippen LogP contribution in [0.3, 0.4) is 0 Å². The predicted molar refractivity (Wildman–Crippen MR) is 80.3 cm³/mol. The summed E-state index contributed by atoms with van der Waals surface area (Å²) in [6.07, 6.45) is 0. The summed E-state index contributed by atoms with van der Waals surface area (Å²) in [5, 5.41) is 11.3. The van der Waals surface area contributed by atoms with Crippen LogP contribution in [0.4, 0.5) is 5.69 Å². The van der Waals surface area contributed by atoms with Crippen molar-refractivity contribution in [2.45, 2.75) is 6.54 Å². The summed E-state index contributed by atoms with van der Waals surface area (Å²) in [7, 11) is 1.64. The molecular formula is C15H13ClN2O3. The highest BCUT2D eigenvalue weighted by atomic mass is 35.5. The maximum Gasteiger partial charge on any atom is 0.270 e. The third-order valence-corrected chi connectivity index (χ3v) is 3.19. The fraction of sp³-hybridized carbons (Fsp3) is 0.133. The molecule has 2 aromatic rings. The van der Waals surface area contributed by atoms with Crippen LogP contribution in [0.25, 0.3) is 0 Å². The first-order chi connectivity index (χ1) is 9.97. The van der Waals surface area contributed by atoms with Gasteiger partial charge in [0.25, 0.3) is 11.6 Å². The molecule has 0 aliphatic rings. The van der Waals surface area contributed by atoms with E-state index in [1.165, 1.54) is 23.1 Å². The van der Waals surface area contributed by atoms with Gasteiger partial charge in [0, 0.05) is 36.3 Å². The van der Waals surface area contributed by atoms with E-state index >= 15 is 0 Å². The molecular weight excluding hydrogens is 292 g/mol. The molecule has 0 aliphatic heterocycles. The lowest BCUT2D eigenvalue weighted by atomic mass is 10.1. The number of nitro groups is 1. The van der Waals surface area contributed by atoms with Crippen molar-refractivity contribution in [3.8, 4) is 0 Å². The Balaban J connectivity index is 2.15. The number of carbonyl (C=O) groups is 1. The monoisotopic (exact) mass is 304 g/mol. The Bertz CT molecular complexity index is 688. The number of hydrogen-bond donors (Lipinski definition) is 0. The molecule has 0 N–H and O–H groups in total. The van der Waals surface area contributed by atoms with Crippen molar-refractivity contribution in [3.05, 3.63) is 74.8 Å². The average Bonchev–Trinajstić information content (AvgIpc) is 2.46. The van der Waals surface area contributed by atoms with E-state index in [1.54, 1.807) is 25.2 Å². The Kier molecular flexibility index (Phi) is 4.55. The Morgan fingerprint density at radius 2 is 1.95 bits per heavy atom. The van der Waals surface area contributed by atoms with E-state index in [1.807, 2.05) is 12.1 Å². The molecule has 0 fully saturated rings. The molecule has 1 amide bonds. The highest BCUT2D eigenvalue weighted by molar-refractivity contribution is 6.30. The molecule has 0 radical (unpaired) electrons. The van der Waals surface area contributed by atoms with Gasteiger partial charge in [0.2, 0.25) is 0 Å². The predicted octanol–water partition coefficient (Wildman–Crippen LogP) is 3.52. The molecule has 0 aliphatic carbocycles. The van der Waals surface area contributed by atoms with Crippen LogP contribution in [0, 0.1) is 10.1 Å². The van der Waals surface area contributed by atoms with Gasteiger partial charge in [0.15, 0.2) is 0 Å². The van der Waals surface area contributed by atoms with Gasteiger partial charge in [-0.2, -0.15) is 0 Å². The van der Waals surface area contributed by atoms with Gasteiger partial charge >= 0.3 is 0 Å². The van der Waals surface area contributed by atoms with Gasteiger partial charge in [0.1, 0.15) is 0 Å². The zero-order valence-corrected chi connectivity index (χ0v) is 12.1. The molecule has 0 atom stereocenters. The van der Waals surface area contributed by atoms with Gasteiger partial charge in [0.05, 0.1) is 4.92 Å². The van der Waals surface area contributed by atoms with Crippen LogP contribution in [-0.2, 0) is 6.54 Å². The molecule has 0 aromatic heterocycles. The highest BCUT2D eigenvalue weighted by Gasteiger charge is 2.15. The lowest BCUT2D eigenvalue weighted by molar-refractivity contribution is -0.384. The normalized spacial score (nSPS) is 10.2. The molecule has 6 heteroatoms. The molecule has 0 saturated heterocycles. The molecule has 21 heavy (non-hydrogen) atoms. The van der Waals surface area contributed by atoms with E-state index in [2.05, 4.69) is 0 Å². The zero-order valence-electron chi connectivity index (χ0n) is 11.3. The molecule has 0 unspecified atom stereocenters. The molecule has 2 rings (SSSR count). The van der Waals surface area contributed by atoms with E-state index in [0.29, 0.717) is 11.6 Å². The number of rotatable bonds is 4. The van der Waals surface area contributed by atoms with Gasteiger partial charge < -0.3 is 4.90 Å². The van der Waals surface area contributed by atoms with Gasteiger partial charge in [-0.25, -0.2) is 0 Å². The van der Waals surface area contributed by atoms with Crippen LogP contribution in [0.15, 0.2) is 48.5 Å². The minimum absolute atomic E-state index is 0.1000. The van der Waals surface area contributed by atoms with Crippen LogP contribution < -0.4 is 0 Å². The van der Waals surface area contributed by atoms with E-state index in [0.717, 1.165) is 5.56 Å². The number of non-ortho nitro benzene ring substituents is 1. The second kappa shape index (κ2) is 6.37. The summed E-state index contributed by atoms with van der Waals surface area (Å²) < 4.78 is 0. The number of benzene rings is 2. The van der Waals surface area contributed by atoms with Crippen molar-refractivity contribution in [1.29, 1.82) is 0 Å². The lowest BCUT2D eigenvalue weighted by Gasteiger charge is -2.17. The molecule has 2 aromatic carbocycles. The molecule has 0 heterocycles. The fourth-order valence-electron chi connectivity index (χ4n) is 1.95. The summed E-state index contributed by atoms with van der Waals surface area (Å²) in [5.41, 5.74) is 1.08. The summed E-state index contributed by atoms with van der Waals surface area (Å²) in [4.78, 5) is 24.0. The van der Waals surface area contributed by atoms with Crippen LogP contribution in [0.1, 0.15) is 15.9 Å². The van der Waals surface area contributed by atoms with E-state index in [4.69, 9.17) is 11.6 Å². The van der Waals surface area contributed by atoms with Crippen molar-refractivity contribution in [2.24, 2.45) is 0 Å². The summed E-state index contributed by atoms with van der Waals surface area (Å²) >= 11 is 5.90. The van der Waals surface area contributed by atoms with Gasteiger partial charge in [-0.1, -0.05) is 29.8 Å². The smallest absolute Gasteiger partial charge is 0.270 e. The molecule has 0 spiro atoms. The van der Waals surface area contributed by atoms with E-state index < -0.39 is 4.92 Å². The summed E-state index contributed by atoms with van der Waals surface area (Å²) in [6.45, 7) is 0.377. The number of amides is 1. The number of hydrogen-bond acceptors (Lipinski definition) is 3. The minimum Gasteiger partial charge on any atom is -0.337 e. The summed E-state index contributed by atoms with van der Waals surface area (Å²) in [6, 6.07) is 12.9. The van der Waals surface area contributed by atoms with Crippen molar-refractivity contribution in [1.82, 2.24) is 4.90 Å². The third-order valence-electron chi connectivity index (χ3n) is 2.96. The number of nitrogens with zero attached hydrogens (tertiary/aromatic N) is 2. The number of halogens is 1. The quantitative estimate of drug-likeness (QED) is 0.641. The van der Waals surface area contributed by atoms with Gasteiger partial charge in [-0.15, -0.1) is 0 Å². The first-order valence-electron chi connectivity index (χ1n) is 6.22. The first kappa shape index (κ1) is 15.0. The Morgan fingerprint density at radius 1 is 1.24 bits per heavy atom. The second-order valence-electron chi connectivity index (χ2n) is 4.60. The largest absolute Gasteiger partial charge is 0.337 e. The van der Waals surface area contributed by atoms with E-state index in [9.17, 15) is 14.9 Å². The third kappa shape index (κ3) is 3.79. The van der Waals surface area contributed by atoms with Crippen molar-refractivity contribution >= 4 is 23.2 Å². The standard InChI is InChI=1S/C15H13ClN2O3/c1-17(10-11-4-2-6-13(16)8-11)15(19)12-5-3-7-14(9-12)18(20)21/h2-9H,10H2,1H3. The maximum absolute atomic E-state index is 12.3. The Morgan fingerprint density at radius 3 is 2.62 bits per heavy atom. The second-order valence-corrected chi connectivity index (χ2v) is 5.04. The van der Waals surface area contributed by atoms with Crippen LogP contribution in [0.5, 0.6) is 0 Å². The SMILES string of the molecule is CN(Cc1cccc(Cl)c1)C(=O)c1cccc([N+](=O)[O-])c1. The molecule has 5 nitrogen and oxygen atoms in total. The van der Waals surface area contributed by atoms with Crippen molar-refractivity contribution in [3.63, 3.8) is 0 Å². The zero-order chi connectivity index (χ0) is 15.4. The average molecular weight is 305 g/mol. The highest BCUT2D eigenvalue weighted by Crippen LogP contribution is 2.16. The fourth-order valence-corrected chi connectivity index (χ4v) is 2.17. The Labute approximate surface area is 126 Å². The van der Waals surface area contributed by atoms with Gasteiger partial charge in [-0.3, -0.25) is 14.9 Å². The van der Waals surface area contributed by atoms with Crippen LogP contribution in [-0.4, -0.2) is 22.8 Å². The summed E-state index contributed by atoms with van der Waals surface area (Å²) in [5.74, 6) is -0.279. The molecule has 108 valence electrons. The van der Waals surface area contributed by atoms with Crippen LogP contribution in [0.2, 0.25) is 5.02 Å². The number of carbonyl (C=O) groups excluding carboxylic acids is 1. The lowest BCUT2D eigenvalue weighted by Crippen LogP contribution is -2.26. The molecule has 0 bridgehead atoms. The number of nitro benzene ring substituents is 1. The van der Waals surface area contributed by atoms with Gasteiger partial charge in [-0.05, 0) is 23.8 Å². The van der Waals surface area contributed by atoms with Crippen molar-refractivity contribution < 1.29 is 9.72 Å².